The zero-order valence-corrected chi connectivity index (χ0v) is 19.7. The Morgan fingerprint density at radius 3 is 2.53 bits per heavy atom. The van der Waals surface area contributed by atoms with Gasteiger partial charge in [-0.25, -0.2) is 9.18 Å². The van der Waals surface area contributed by atoms with Crippen molar-refractivity contribution in [2.75, 3.05) is 18.0 Å². The summed E-state index contributed by atoms with van der Waals surface area (Å²) in [4.78, 5) is 24.7. The number of nitrogens with one attached hydrogen (secondary N) is 1. The van der Waals surface area contributed by atoms with Gasteiger partial charge in [0, 0.05) is 12.5 Å². The Balaban J connectivity index is 1.37. The first-order valence-corrected chi connectivity index (χ1v) is 11.5. The number of amides is 2. The van der Waals surface area contributed by atoms with E-state index in [-0.39, 0.29) is 19.0 Å². The average molecular weight is 465 g/mol. The number of aryl methyl sites for hydroxylation is 4. The molecule has 4 rings (SSSR count). The summed E-state index contributed by atoms with van der Waals surface area (Å²) in [5, 5.41) is 2.63. The smallest absolute Gasteiger partial charge is 0.414 e. The van der Waals surface area contributed by atoms with Crippen molar-refractivity contribution in [2.24, 2.45) is 0 Å². The zero-order valence-electron chi connectivity index (χ0n) is 19.7. The number of carbonyl (C=O) groups excluding carboxylic acids is 2. The second kappa shape index (κ2) is 10.1. The van der Waals surface area contributed by atoms with Crippen LogP contribution in [0.15, 0.2) is 52.9 Å². The van der Waals surface area contributed by atoms with Gasteiger partial charge in [-0.15, -0.1) is 0 Å². The van der Waals surface area contributed by atoms with Crippen molar-refractivity contribution in [3.05, 3.63) is 77.0 Å². The standard InChI is InChI=1S/C27H29FN2O4/c1-17-13-22(18(2)33-17)6-4-5-20-7-9-21(10-8-20)25-12-11-23(14-26(25)28)30-16-24(34-27(30)32)15-29-19(3)31/h7-14,24H,4-6,15-16H2,1-3H3,(H,29,31)/t24-/m0/s1. The molecule has 0 aliphatic carbocycles. The number of hydrogen-bond acceptors (Lipinski definition) is 4. The third-order valence-electron chi connectivity index (χ3n) is 6.04. The van der Waals surface area contributed by atoms with Crippen LogP contribution in [0.5, 0.6) is 0 Å². The van der Waals surface area contributed by atoms with Crippen molar-refractivity contribution in [2.45, 2.75) is 46.1 Å². The number of rotatable bonds is 8. The van der Waals surface area contributed by atoms with E-state index >= 15 is 0 Å². The molecule has 2 amide bonds. The van der Waals surface area contributed by atoms with Gasteiger partial charge in [-0.2, -0.15) is 0 Å². The minimum absolute atomic E-state index is 0.195. The van der Waals surface area contributed by atoms with Gasteiger partial charge in [0.2, 0.25) is 5.91 Å². The molecule has 1 N–H and O–H groups in total. The van der Waals surface area contributed by atoms with E-state index in [9.17, 15) is 14.0 Å². The molecule has 0 saturated carbocycles. The van der Waals surface area contributed by atoms with E-state index in [0.29, 0.717) is 11.3 Å². The highest BCUT2D eigenvalue weighted by Crippen LogP contribution is 2.29. The molecule has 0 spiro atoms. The molecule has 1 saturated heterocycles. The Bertz CT molecular complexity index is 1190. The van der Waals surface area contributed by atoms with E-state index in [0.717, 1.165) is 36.3 Å². The lowest BCUT2D eigenvalue weighted by Crippen LogP contribution is -2.33. The number of furan rings is 1. The average Bonchev–Trinajstić information content (AvgIpc) is 3.33. The van der Waals surface area contributed by atoms with Crippen LogP contribution in [-0.2, 0) is 22.4 Å². The molecule has 34 heavy (non-hydrogen) atoms. The number of halogens is 1. The number of anilines is 1. The zero-order chi connectivity index (χ0) is 24.2. The fourth-order valence-electron chi connectivity index (χ4n) is 4.27. The number of benzene rings is 2. The molecular formula is C27H29FN2O4. The van der Waals surface area contributed by atoms with Gasteiger partial charge in [0.05, 0.1) is 18.8 Å². The maximum absolute atomic E-state index is 15.0. The largest absolute Gasteiger partial charge is 0.466 e. The van der Waals surface area contributed by atoms with Gasteiger partial charge in [0.25, 0.3) is 0 Å². The van der Waals surface area contributed by atoms with Gasteiger partial charge >= 0.3 is 6.09 Å². The van der Waals surface area contributed by atoms with Crippen LogP contribution in [0.1, 0.15) is 36.0 Å². The molecule has 1 fully saturated rings. The van der Waals surface area contributed by atoms with Crippen molar-refractivity contribution in [1.29, 1.82) is 0 Å². The van der Waals surface area contributed by atoms with E-state index in [1.54, 1.807) is 12.1 Å². The Morgan fingerprint density at radius 1 is 1.12 bits per heavy atom. The molecule has 1 aliphatic heterocycles. The summed E-state index contributed by atoms with van der Waals surface area (Å²) < 4.78 is 25.8. The number of nitrogens with zero attached hydrogens (tertiary/aromatic N) is 1. The number of ether oxygens (including phenoxy) is 1. The lowest BCUT2D eigenvalue weighted by molar-refractivity contribution is -0.119. The fraction of sp³-hybridized carbons (Fsp3) is 0.333. The number of cyclic esters (lactones) is 1. The topological polar surface area (TPSA) is 71.8 Å². The van der Waals surface area contributed by atoms with Crippen molar-refractivity contribution in [3.63, 3.8) is 0 Å². The lowest BCUT2D eigenvalue weighted by atomic mass is 10.00. The maximum Gasteiger partial charge on any atom is 0.414 e. The second-order valence-corrected chi connectivity index (χ2v) is 8.71. The fourth-order valence-corrected chi connectivity index (χ4v) is 4.27. The highest BCUT2D eigenvalue weighted by atomic mass is 19.1. The summed E-state index contributed by atoms with van der Waals surface area (Å²) in [6.45, 7) is 5.84. The van der Waals surface area contributed by atoms with E-state index < -0.39 is 18.0 Å². The van der Waals surface area contributed by atoms with Crippen molar-refractivity contribution < 1.29 is 23.1 Å². The molecule has 178 valence electrons. The minimum atomic E-state index is -0.548. The van der Waals surface area contributed by atoms with Gasteiger partial charge in [-0.3, -0.25) is 9.69 Å². The lowest BCUT2D eigenvalue weighted by Gasteiger charge is -2.14. The second-order valence-electron chi connectivity index (χ2n) is 8.71. The summed E-state index contributed by atoms with van der Waals surface area (Å²) in [5.41, 5.74) is 4.13. The Labute approximate surface area is 198 Å². The summed E-state index contributed by atoms with van der Waals surface area (Å²) >= 11 is 0. The maximum atomic E-state index is 15.0. The quantitative estimate of drug-likeness (QED) is 0.489. The van der Waals surface area contributed by atoms with Gasteiger partial charge in [0.1, 0.15) is 23.4 Å². The minimum Gasteiger partial charge on any atom is -0.466 e. The summed E-state index contributed by atoms with van der Waals surface area (Å²) in [6, 6.07) is 14.7. The van der Waals surface area contributed by atoms with Crippen LogP contribution < -0.4 is 10.2 Å². The van der Waals surface area contributed by atoms with Gasteiger partial charge in [-0.1, -0.05) is 24.3 Å². The Morgan fingerprint density at radius 2 is 1.88 bits per heavy atom. The predicted molar refractivity (Wildman–Crippen MR) is 128 cm³/mol. The highest BCUT2D eigenvalue weighted by molar-refractivity contribution is 5.90. The van der Waals surface area contributed by atoms with Gasteiger partial charge in [-0.05, 0) is 74.1 Å². The van der Waals surface area contributed by atoms with Gasteiger partial charge in [0.15, 0.2) is 0 Å². The molecule has 2 heterocycles. The van der Waals surface area contributed by atoms with Crippen molar-refractivity contribution in [3.8, 4) is 11.1 Å². The van der Waals surface area contributed by atoms with Gasteiger partial charge < -0.3 is 14.5 Å². The normalized spacial score (nSPS) is 15.5. The third kappa shape index (κ3) is 5.47. The molecule has 6 nitrogen and oxygen atoms in total. The van der Waals surface area contributed by atoms with Crippen molar-refractivity contribution in [1.82, 2.24) is 5.32 Å². The first-order valence-electron chi connectivity index (χ1n) is 11.5. The molecule has 7 heteroatoms. The molecule has 1 atom stereocenters. The van der Waals surface area contributed by atoms with Crippen molar-refractivity contribution >= 4 is 17.7 Å². The van der Waals surface area contributed by atoms with Crippen LogP contribution in [-0.4, -0.2) is 31.2 Å². The summed E-state index contributed by atoms with van der Waals surface area (Å²) in [6.07, 6.45) is 1.89. The van der Waals surface area contributed by atoms with E-state index in [4.69, 9.17) is 9.15 Å². The molecule has 3 aromatic rings. The molecule has 0 unspecified atom stereocenters. The summed E-state index contributed by atoms with van der Waals surface area (Å²) in [7, 11) is 0. The molecule has 0 radical (unpaired) electrons. The van der Waals surface area contributed by atoms with E-state index in [1.807, 2.05) is 38.1 Å². The molecule has 2 aromatic carbocycles. The highest BCUT2D eigenvalue weighted by Gasteiger charge is 2.32. The van der Waals surface area contributed by atoms with Crippen LogP contribution >= 0.6 is 0 Å². The number of carbonyl (C=O) groups is 2. The van der Waals surface area contributed by atoms with Crippen LogP contribution in [0.4, 0.5) is 14.9 Å². The first-order chi connectivity index (χ1) is 16.3. The van der Waals surface area contributed by atoms with Crippen LogP contribution in [0.3, 0.4) is 0 Å². The molecular weight excluding hydrogens is 435 g/mol. The molecule has 1 aromatic heterocycles. The van der Waals surface area contributed by atoms with E-state index in [1.165, 1.54) is 29.0 Å². The first kappa shape index (κ1) is 23.5. The Kier molecular flexibility index (Phi) is 7.01. The predicted octanol–water partition coefficient (Wildman–Crippen LogP) is 5.34. The number of hydrogen-bond donors (Lipinski definition) is 1. The van der Waals surface area contributed by atoms with Crippen LogP contribution in [0, 0.1) is 19.7 Å². The third-order valence-corrected chi connectivity index (χ3v) is 6.04. The molecule has 1 aliphatic rings. The monoisotopic (exact) mass is 464 g/mol. The molecule has 0 bridgehead atoms. The SMILES string of the molecule is CC(=O)NC[C@H]1CN(c2ccc(-c3ccc(CCCc4cc(C)oc4C)cc3)c(F)c2)C(=O)O1. The summed E-state index contributed by atoms with van der Waals surface area (Å²) in [5.74, 6) is 1.32. The Hall–Kier alpha value is -3.61. The van der Waals surface area contributed by atoms with E-state index in [2.05, 4.69) is 11.4 Å². The van der Waals surface area contributed by atoms with Crippen LogP contribution in [0.25, 0.3) is 11.1 Å². The van der Waals surface area contributed by atoms with Crippen LogP contribution in [0.2, 0.25) is 0 Å².